The van der Waals surface area contributed by atoms with Gasteiger partial charge in [0.1, 0.15) is 84.3 Å². The molecule has 0 saturated carbocycles. The van der Waals surface area contributed by atoms with E-state index in [2.05, 4.69) is 63.8 Å². The fourth-order valence-electron chi connectivity index (χ4n) is 12.1. The Hall–Kier alpha value is -8.54. The molecule has 1 aromatic carbocycles. The number of aliphatic hydroxyl groups excluding tert-OH is 1. The zero-order valence-corrected chi connectivity index (χ0v) is 65.2. The fraction of sp³-hybridized carbons (Fsp3) is 0.707. The Balaban J connectivity index is 2.00. The number of benzene rings is 1. The summed E-state index contributed by atoms with van der Waals surface area (Å²) in [6.45, 7) is 31.8. The highest BCUT2D eigenvalue weighted by Crippen LogP contribution is 2.23. The van der Waals surface area contributed by atoms with Gasteiger partial charge in [-0.3, -0.25) is 62.3 Å². The maximum atomic E-state index is 15.0. The molecule has 590 valence electrons. The Morgan fingerprint density at radius 2 is 1.15 bits per heavy atom. The number of ether oxygens (including phenoxy) is 1. The van der Waals surface area contributed by atoms with E-state index in [4.69, 9.17) is 10.5 Å². The van der Waals surface area contributed by atoms with Crippen LogP contribution in [-0.2, 0) is 78.3 Å². The summed E-state index contributed by atoms with van der Waals surface area (Å²) in [5.74, 6) is -15.1. The standard InChI is InChI=1S/C75H124N14O16/c1-20-44(16)59(71(100)88-62-47(19)105-75(104)58(43(14)15)84-63(92)49(22-3)77-65(94)51(37-48-30-24-23-25-31-48)79-67(96)55(40(8)9)81-70(99)60(45(17)21-2)86-73(62)102)85-64(93)50(32-27-35-76)78-66(95)52-33-28-36-89(52)74(103)57(42(12)13)83-69(98)56(41(10)11)82-72(101)61(46(18)90)87-68(97)54(39(6)7)80-53(91)34-26-29-38(4)5/h22-25,30-31,38-47,50-52,54-62,90H,20-21,26-29,32-37,76H2,1-19H3,(H,77,94)(H,78,95)(H,79,96)(H,80,91)(H,81,99)(H,82,101)(H,83,98)(H,84,92)(H,85,93)(H,86,102)(H,87,97)(H,88,100)/b49-22-/t44-,45-,46+,47+,50-,51-,52+,54+,55+,56-,57+,58-,59-,60+,61-,62+/m0/s1. The Kier molecular flexibility index (Phi) is 37.8. The van der Waals surface area contributed by atoms with Gasteiger partial charge < -0.3 is 84.3 Å². The van der Waals surface area contributed by atoms with Crippen molar-refractivity contribution in [3.63, 3.8) is 0 Å². The number of carbonyl (C=O) groups is 14. The highest BCUT2D eigenvalue weighted by atomic mass is 16.5. The third-order valence-corrected chi connectivity index (χ3v) is 19.3. The smallest absolute Gasteiger partial charge is 0.329 e. The van der Waals surface area contributed by atoms with Crippen molar-refractivity contribution in [3.05, 3.63) is 47.7 Å². The topological polar surface area (TPSA) is 442 Å². The number of carbonyl (C=O) groups excluding carboxylic acids is 14. The van der Waals surface area contributed by atoms with Gasteiger partial charge in [-0.05, 0) is 112 Å². The van der Waals surface area contributed by atoms with E-state index < -0.39 is 203 Å². The molecule has 0 aliphatic carbocycles. The van der Waals surface area contributed by atoms with Crippen molar-refractivity contribution in [3.8, 4) is 0 Å². The molecule has 1 aromatic rings. The van der Waals surface area contributed by atoms with Crippen LogP contribution in [0.25, 0.3) is 0 Å². The first-order valence-electron chi connectivity index (χ1n) is 37.5. The number of esters is 1. The summed E-state index contributed by atoms with van der Waals surface area (Å²) < 4.78 is 5.96. The van der Waals surface area contributed by atoms with E-state index in [1.807, 2.05) is 13.8 Å². The van der Waals surface area contributed by atoms with Gasteiger partial charge in [-0.25, -0.2) is 4.79 Å². The second-order valence-electron chi connectivity index (χ2n) is 30.2. The van der Waals surface area contributed by atoms with Gasteiger partial charge >= 0.3 is 5.97 Å². The number of aliphatic hydroxyl groups is 1. The van der Waals surface area contributed by atoms with E-state index in [0.717, 1.165) is 6.42 Å². The number of hydrogen-bond acceptors (Lipinski definition) is 17. The molecule has 0 bridgehead atoms. The lowest BCUT2D eigenvalue weighted by Crippen LogP contribution is -2.64. The summed E-state index contributed by atoms with van der Waals surface area (Å²) in [6.07, 6.45) is 1.02. The molecule has 2 aliphatic rings. The number of amides is 13. The number of hydrogen-bond donors (Lipinski definition) is 14. The molecule has 2 heterocycles. The molecule has 0 unspecified atom stereocenters. The third-order valence-electron chi connectivity index (χ3n) is 19.3. The van der Waals surface area contributed by atoms with Crippen molar-refractivity contribution in [1.82, 2.24) is 68.7 Å². The molecule has 3 rings (SSSR count). The molecule has 15 N–H and O–H groups in total. The van der Waals surface area contributed by atoms with Gasteiger partial charge in [0.05, 0.1) is 6.10 Å². The lowest BCUT2D eigenvalue weighted by Gasteiger charge is -2.33. The van der Waals surface area contributed by atoms with Gasteiger partial charge in [-0.1, -0.05) is 166 Å². The van der Waals surface area contributed by atoms with Gasteiger partial charge in [0, 0.05) is 19.4 Å². The first kappa shape index (κ1) is 90.7. The number of nitrogens with one attached hydrogen (secondary N) is 12. The molecule has 105 heavy (non-hydrogen) atoms. The Morgan fingerprint density at radius 1 is 0.610 bits per heavy atom. The highest BCUT2D eigenvalue weighted by Gasteiger charge is 2.44. The molecule has 0 aromatic heterocycles. The fourth-order valence-corrected chi connectivity index (χ4v) is 12.1. The van der Waals surface area contributed by atoms with Crippen molar-refractivity contribution in [2.75, 3.05) is 13.1 Å². The lowest BCUT2D eigenvalue weighted by atomic mass is 9.95. The maximum Gasteiger partial charge on any atom is 0.329 e. The summed E-state index contributed by atoms with van der Waals surface area (Å²) in [6, 6.07) is -7.67. The van der Waals surface area contributed by atoms with E-state index in [1.54, 1.807) is 127 Å². The minimum atomic E-state index is -1.83. The number of allylic oxidation sites excluding steroid dienone is 1. The lowest BCUT2D eigenvalue weighted by molar-refractivity contribution is -0.157. The highest BCUT2D eigenvalue weighted by molar-refractivity contribution is 6.03. The van der Waals surface area contributed by atoms with Crippen LogP contribution < -0.4 is 69.5 Å². The van der Waals surface area contributed by atoms with Gasteiger partial charge in [0.2, 0.25) is 70.9 Å². The third kappa shape index (κ3) is 27.7. The van der Waals surface area contributed by atoms with Gasteiger partial charge in [-0.2, -0.15) is 0 Å². The van der Waals surface area contributed by atoms with Gasteiger partial charge in [0.25, 0.3) is 5.91 Å². The molecule has 0 spiro atoms. The van der Waals surface area contributed by atoms with E-state index >= 15 is 9.59 Å². The van der Waals surface area contributed by atoms with Crippen LogP contribution >= 0.6 is 0 Å². The van der Waals surface area contributed by atoms with Crippen molar-refractivity contribution < 1.29 is 77.0 Å². The van der Waals surface area contributed by atoms with Crippen LogP contribution in [0, 0.1) is 47.3 Å². The Labute approximate surface area is 620 Å². The minimum Gasteiger partial charge on any atom is -0.458 e. The SMILES string of the molecule is C/C=C1\NC(=O)[C@H](Cc2ccccc2)NC(=O)[C@@H](C(C)C)NC(=O)[C@@H]([C@@H](C)CC)NC(=O)[C@H](NC(=O)[C@@H](NC(=O)[C@H](CCCN)NC(=O)[C@H]2CCCN2C(=O)[C@H](NC(=O)[C@@H](NC(=O)[C@@H](NC(=O)[C@H](NC(=O)CCCC(C)C)C(C)C)[C@@H](C)O)C(C)C)C(C)C)[C@@H](C)CC)[C@@H](C)OC(=O)[C@H](C(C)C)NC1=O. The zero-order valence-electron chi connectivity index (χ0n) is 65.2. The summed E-state index contributed by atoms with van der Waals surface area (Å²) in [5.41, 5.74) is 6.34. The van der Waals surface area contributed by atoms with E-state index in [-0.39, 0.29) is 63.2 Å². The van der Waals surface area contributed by atoms with E-state index in [9.17, 15) is 62.6 Å². The van der Waals surface area contributed by atoms with Crippen LogP contribution in [0.1, 0.15) is 195 Å². The first-order chi connectivity index (χ1) is 49.2. The molecule has 0 radical (unpaired) electrons. The van der Waals surface area contributed by atoms with Gasteiger partial charge in [0.15, 0.2) is 0 Å². The zero-order chi connectivity index (χ0) is 79.4. The average Bonchev–Trinajstić information content (AvgIpc) is 1.79. The van der Waals surface area contributed by atoms with E-state index in [1.165, 1.54) is 31.7 Å². The second kappa shape index (κ2) is 43.8. The van der Waals surface area contributed by atoms with Crippen molar-refractivity contribution in [2.24, 2.45) is 53.1 Å². The van der Waals surface area contributed by atoms with Crippen LogP contribution in [0.15, 0.2) is 42.1 Å². The molecule has 30 nitrogen and oxygen atoms in total. The van der Waals surface area contributed by atoms with Crippen molar-refractivity contribution >= 4 is 82.8 Å². The molecule has 16 atom stereocenters. The molecule has 2 saturated heterocycles. The summed E-state index contributed by atoms with van der Waals surface area (Å²) in [7, 11) is 0. The summed E-state index contributed by atoms with van der Waals surface area (Å²) in [5, 5.41) is 43.2. The van der Waals surface area contributed by atoms with Crippen LogP contribution in [0.4, 0.5) is 0 Å². The average molecular weight is 1480 g/mol. The minimum absolute atomic E-state index is 0.0355. The number of rotatable bonds is 33. The number of nitrogens with two attached hydrogens (primary N) is 1. The molecule has 2 fully saturated rings. The Morgan fingerprint density at radius 3 is 1.69 bits per heavy atom. The predicted molar refractivity (Wildman–Crippen MR) is 395 cm³/mol. The van der Waals surface area contributed by atoms with Crippen LogP contribution in [-0.4, -0.2) is 191 Å². The summed E-state index contributed by atoms with van der Waals surface area (Å²) >= 11 is 0. The quantitative estimate of drug-likeness (QED) is 0.0353. The van der Waals surface area contributed by atoms with Crippen molar-refractivity contribution in [1.29, 1.82) is 0 Å². The van der Waals surface area contributed by atoms with Crippen LogP contribution in [0.2, 0.25) is 0 Å². The normalized spacial score (nSPS) is 22.6. The Bertz CT molecular complexity index is 3160. The number of likely N-dealkylation sites (tertiary alicyclic amines) is 1. The summed E-state index contributed by atoms with van der Waals surface area (Å²) in [4.78, 5) is 202. The number of cyclic esters (lactones) is 1. The predicted octanol–water partition coefficient (Wildman–Crippen LogP) is 1.84. The maximum absolute atomic E-state index is 15.0. The molecule has 2 aliphatic heterocycles. The molecular weight excluding hydrogens is 1350 g/mol. The molecule has 13 amide bonds. The monoisotopic (exact) mass is 1480 g/mol. The molecular formula is C75H124N14O16. The second-order valence-corrected chi connectivity index (χ2v) is 30.2. The van der Waals surface area contributed by atoms with Gasteiger partial charge in [-0.15, -0.1) is 0 Å². The molecule has 30 heteroatoms. The van der Waals surface area contributed by atoms with Crippen LogP contribution in [0.5, 0.6) is 0 Å². The number of nitrogens with zero attached hydrogens (tertiary/aromatic N) is 1. The van der Waals surface area contributed by atoms with E-state index in [0.29, 0.717) is 30.7 Å². The largest absolute Gasteiger partial charge is 0.458 e. The first-order valence-corrected chi connectivity index (χ1v) is 37.5. The van der Waals surface area contributed by atoms with Crippen molar-refractivity contribution in [2.45, 2.75) is 280 Å². The van der Waals surface area contributed by atoms with Crippen LogP contribution in [0.3, 0.4) is 0 Å².